The second-order valence-electron chi connectivity index (χ2n) is 8.57. The van der Waals surface area contributed by atoms with Crippen LogP contribution >= 0.6 is 0 Å². The van der Waals surface area contributed by atoms with Crippen molar-refractivity contribution in [3.8, 4) is 5.75 Å². The van der Waals surface area contributed by atoms with Gasteiger partial charge in [-0.05, 0) is 43.4 Å². The number of imide groups is 1. The smallest absolute Gasteiger partial charge is 0.230 e. The van der Waals surface area contributed by atoms with E-state index in [0.29, 0.717) is 29.5 Å². The highest BCUT2D eigenvalue weighted by Gasteiger charge is 2.31. The van der Waals surface area contributed by atoms with Crippen molar-refractivity contribution >= 4 is 21.8 Å². The van der Waals surface area contributed by atoms with Gasteiger partial charge in [-0.2, -0.15) is 0 Å². The topological polar surface area (TPSA) is 127 Å². The zero-order valence-corrected chi connectivity index (χ0v) is 18.9. The van der Waals surface area contributed by atoms with Gasteiger partial charge in [0.05, 0.1) is 18.3 Å². The second kappa shape index (κ2) is 9.52. The molecule has 1 unspecified atom stereocenters. The first kappa shape index (κ1) is 23.2. The highest BCUT2D eigenvalue weighted by Crippen LogP contribution is 2.31. The highest BCUT2D eigenvalue weighted by molar-refractivity contribution is 7.88. The number of benzene rings is 1. The van der Waals surface area contributed by atoms with Gasteiger partial charge in [-0.25, -0.2) is 27.5 Å². The van der Waals surface area contributed by atoms with Crippen molar-refractivity contribution in [1.29, 1.82) is 0 Å². The maximum Gasteiger partial charge on any atom is 0.230 e. The second-order valence-corrected chi connectivity index (χ2v) is 10.3. The molecule has 2 aromatic rings. The van der Waals surface area contributed by atoms with Gasteiger partial charge in [0.25, 0.3) is 0 Å². The van der Waals surface area contributed by atoms with Crippen LogP contribution in [-0.4, -0.2) is 36.8 Å². The van der Waals surface area contributed by atoms with E-state index < -0.39 is 27.8 Å². The molecule has 1 saturated heterocycles. The number of hydrogen-bond acceptors (Lipinski definition) is 7. The molecule has 2 atom stereocenters. The van der Waals surface area contributed by atoms with E-state index in [9.17, 15) is 22.4 Å². The van der Waals surface area contributed by atoms with Crippen LogP contribution in [0.15, 0.2) is 30.6 Å². The van der Waals surface area contributed by atoms with Gasteiger partial charge in [-0.15, -0.1) is 0 Å². The summed E-state index contributed by atoms with van der Waals surface area (Å²) in [6, 6.07) is 3.71. The predicted octanol–water partition coefficient (Wildman–Crippen LogP) is 1.79. The average molecular weight is 477 g/mol. The Hall–Kier alpha value is -2.92. The van der Waals surface area contributed by atoms with E-state index in [-0.39, 0.29) is 36.2 Å². The first-order chi connectivity index (χ1) is 15.7. The number of sulfonamides is 1. The molecule has 1 aliphatic heterocycles. The zero-order valence-electron chi connectivity index (χ0n) is 18.1. The summed E-state index contributed by atoms with van der Waals surface area (Å²) >= 11 is 0. The largest absolute Gasteiger partial charge is 0.490 e. The van der Waals surface area contributed by atoms with Crippen molar-refractivity contribution in [2.45, 2.75) is 44.4 Å². The lowest BCUT2D eigenvalue weighted by Gasteiger charge is -2.16. The maximum absolute atomic E-state index is 14.0. The number of rotatable bonds is 10. The van der Waals surface area contributed by atoms with E-state index >= 15 is 0 Å². The summed E-state index contributed by atoms with van der Waals surface area (Å²) in [4.78, 5) is 31.2. The number of aromatic nitrogens is 2. The molecule has 1 aromatic heterocycles. The molecule has 176 valence electrons. The molecule has 0 spiro atoms. The van der Waals surface area contributed by atoms with Crippen LogP contribution in [0.25, 0.3) is 0 Å². The van der Waals surface area contributed by atoms with Gasteiger partial charge < -0.3 is 4.74 Å². The fourth-order valence-electron chi connectivity index (χ4n) is 3.54. The van der Waals surface area contributed by atoms with Crippen LogP contribution in [0.5, 0.6) is 5.75 Å². The third-order valence-corrected chi connectivity index (χ3v) is 7.02. The van der Waals surface area contributed by atoms with Gasteiger partial charge in [-0.1, -0.05) is 6.07 Å². The summed E-state index contributed by atoms with van der Waals surface area (Å²) in [5, 5.41) is 2.23. The summed E-state index contributed by atoms with van der Waals surface area (Å²) in [6.45, 7) is 2.13. The van der Waals surface area contributed by atoms with Gasteiger partial charge in [-0.3, -0.25) is 14.9 Å². The van der Waals surface area contributed by atoms with Crippen molar-refractivity contribution in [2.24, 2.45) is 11.8 Å². The van der Waals surface area contributed by atoms with E-state index in [1.165, 1.54) is 30.6 Å². The van der Waals surface area contributed by atoms with Crippen molar-refractivity contribution in [2.75, 3.05) is 6.61 Å². The third-order valence-electron chi connectivity index (χ3n) is 5.59. The Morgan fingerprint density at radius 1 is 1.24 bits per heavy atom. The molecule has 33 heavy (non-hydrogen) atoms. The van der Waals surface area contributed by atoms with Crippen LogP contribution in [0, 0.1) is 17.7 Å². The van der Waals surface area contributed by atoms with E-state index in [2.05, 4.69) is 20.0 Å². The fourth-order valence-corrected chi connectivity index (χ4v) is 4.89. The van der Waals surface area contributed by atoms with Gasteiger partial charge in [0, 0.05) is 36.8 Å². The van der Waals surface area contributed by atoms with Crippen LogP contribution in [0.1, 0.15) is 49.2 Å². The molecule has 2 amide bonds. The van der Waals surface area contributed by atoms with Crippen molar-refractivity contribution in [3.05, 3.63) is 53.4 Å². The molecule has 4 rings (SSSR count). The van der Waals surface area contributed by atoms with Gasteiger partial charge in [0.15, 0.2) is 11.6 Å². The normalized spacial score (nSPS) is 19.4. The molecule has 11 heteroatoms. The number of ether oxygens (including phenoxy) is 1. The van der Waals surface area contributed by atoms with E-state index in [1.54, 1.807) is 6.92 Å². The zero-order chi connectivity index (χ0) is 23.6. The monoisotopic (exact) mass is 476 g/mol. The molecule has 1 aromatic carbocycles. The number of halogens is 1. The van der Waals surface area contributed by atoms with E-state index in [4.69, 9.17) is 4.74 Å². The Morgan fingerprint density at radius 2 is 1.97 bits per heavy atom. The Bertz CT molecular complexity index is 1150. The Morgan fingerprint density at radius 3 is 2.61 bits per heavy atom. The number of nitrogens with zero attached hydrogens (tertiary/aromatic N) is 2. The fraction of sp³-hybridized carbons (Fsp3) is 0.455. The Kier molecular flexibility index (Phi) is 6.71. The molecule has 1 aliphatic carbocycles. The molecule has 9 nitrogen and oxygen atoms in total. The van der Waals surface area contributed by atoms with Gasteiger partial charge >= 0.3 is 0 Å². The number of hydrogen-bond donors (Lipinski definition) is 2. The van der Waals surface area contributed by atoms with Crippen molar-refractivity contribution in [1.82, 2.24) is 20.0 Å². The summed E-state index contributed by atoms with van der Waals surface area (Å²) in [5.74, 6) is -1.06. The first-order valence-electron chi connectivity index (χ1n) is 10.7. The van der Waals surface area contributed by atoms with Crippen molar-refractivity contribution < 1.29 is 27.1 Å². The van der Waals surface area contributed by atoms with Crippen LogP contribution < -0.4 is 14.8 Å². The number of carbonyl (C=O) groups excluding carboxylic acids is 2. The van der Waals surface area contributed by atoms with E-state index in [1.807, 2.05) is 0 Å². The predicted molar refractivity (Wildman–Crippen MR) is 116 cm³/mol. The molecule has 0 bridgehead atoms. The molecule has 2 heterocycles. The maximum atomic E-state index is 14.0. The lowest BCUT2D eigenvalue weighted by atomic mass is 10.0. The molecule has 2 N–H and O–H groups in total. The van der Waals surface area contributed by atoms with Gasteiger partial charge in [0.1, 0.15) is 5.82 Å². The third kappa shape index (κ3) is 6.32. The summed E-state index contributed by atoms with van der Waals surface area (Å²) in [7, 11) is -3.75. The SMILES string of the molecule is C[C@@H](NS(=O)(=O)Cc1cnc(CC2CC(=O)NC2=O)nc1)c1ccc(F)c(OCC2CC2)c1. The first-order valence-corrected chi connectivity index (χ1v) is 12.4. The lowest BCUT2D eigenvalue weighted by Crippen LogP contribution is -2.28. The molecular formula is C22H25FN4O5S. The quantitative estimate of drug-likeness (QED) is 0.501. The molecule has 2 fully saturated rings. The molecule has 1 saturated carbocycles. The number of carbonyl (C=O) groups is 2. The number of amides is 2. The summed E-state index contributed by atoms with van der Waals surface area (Å²) in [5.41, 5.74) is 0.958. The minimum atomic E-state index is -3.75. The lowest BCUT2D eigenvalue weighted by molar-refractivity contribution is -0.125. The average Bonchev–Trinajstić information content (AvgIpc) is 3.52. The standard InChI is InChI=1S/C22H25FN4O5S/c1-13(16-4-5-18(23)19(6-16)32-11-14-2-3-14)27-33(30,31)12-15-9-24-20(25-10-15)7-17-8-21(28)26-22(17)29/h4-6,9-10,13-14,17,27H,2-3,7-8,11-12H2,1H3,(H,26,28,29)/t13-,17?/m1/s1. The van der Waals surface area contributed by atoms with Crippen LogP contribution in [0.4, 0.5) is 4.39 Å². The Balaban J connectivity index is 1.35. The number of nitrogens with one attached hydrogen (secondary N) is 2. The summed E-state index contributed by atoms with van der Waals surface area (Å²) < 4.78 is 47.4. The molecule has 0 radical (unpaired) electrons. The molecule has 2 aliphatic rings. The van der Waals surface area contributed by atoms with Crippen LogP contribution in [0.2, 0.25) is 0 Å². The summed E-state index contributed by atoms with van der Waals surface area (Å²) in [6.07, 6.45) is 5.24. The minimum absolute atomic E-state index is 0.0941. The molecular weight excluding hydrogens is 451 g/mol. The highest BCUT2D eigenvalue weighted by atomic mass is 32.2. The van der Waals surface area contributed by atoms with Gasteiger partial charge in [0.2, 0.25) is 21.8 Å². The Labute approximate surface area is 191 Å². The van der Waals surface area contributed by atoms with Crippen molar-refractivity contribution in [3.63, 3.8) is 0 Å². The van der Waals surface area contributed by atoms with E-state index in [0.717, 1.165) is 12.8 Å². The minimum Gasteiger partial charge on any atom is -0.490 e. The van der Waals surface area contributed by atoms with Crippen LogP contribution in [0.3, 0.4) is 0 Å². The van der Waals surface area contributed by atoms with Crippen LogP contribution in [-0.2, 0) is 31.8 Å².